The lowest BCUT2D eigenvalue weighted by Crippen LogP contribution is -2.48. The predicted molar refractivity (Wildman–Crippen MR) is 112 cm³/mol. The minimum Gasteiger partial charge on any atom is -0.336 e. The van der Waals surface area contributed by atoms with E-state index < -0.39 is 0 Å². The van der Waals surface area contributed by atoms with Crippen molar-refractivity contribution in [3.05, 3.63) is 41.5 Å². The van der Waals surface area contributed by atoms with Crippen molar-refractivity contribution in [1.82, 2.24) is 25.0 Å². The van der Waals surface area contributed by atoms with Gasteiger partial charge in [-0.1, -0.05) is 32.0 Å². The van der Waals surface area contributed by atoms with Gasteiger partial charge in [-0.3, -0.25) is 4.79 Å². The van der Waals surface area contributed by atoms with Crippen LogP contribution in [-0.4, -0.2) is 50.7 Å². The predicted octanol–water partition coefficient (Wildman–Crippen LogP) is 3.48. The largest absolute Gasteiger partial charge is 0.336 e. The van der Waals surface area contributed by atoms with Crippen LogP contribution in [0.15, 0.2) is 24.3 Å². The first-order valence-corrected chi connectivity index (χ1v) is 10.00. The molecule has 2 fully saturated rings. The number of hydrogen-bond donors (Lipinski definition) is 1. The van der Waals surface area contributed by atoms with Crippen LogP contribution < -0.4 is 5.32 Å². The Morgan fingerprint density at radius 2 is 1.86 bits per heavy atom. The number of carbonyl (C=O) groups excluding carboxylic acids is 1. The summed E-state index contributed by atoms with van der Waals surface area (Å²) in [6.07, 6.45) is 4.49. The fraction of sp³-hybridized carbons (Fsp3) is 0.571. The smallest absolute Gasteiger partial charge is 0.293 e. The van der Waals surface area contributed by atoms with E-state index in [0.717, 1.165) is 24.4 Å². The second kappa shape index (κ2) is 8.21. The highest BCUT2D eigenvalue weighted by Gasteiger charge is 2.37. The van der Waals surface area contributed by atoms with Crippen molar-refractivity contribution in [2.45, 2.75) is 70.5 Å². The molecule has 6 nitrogen and oxygen atoms in total. The van der Waals surface area contributed by atoms with E-state index in [1.54, 1.807) is 0 Å². The number of benzene rings is 1. The molecule has 0 saturated carbocycles. The third-order valence-electron chi connectivity index (χ3n) is 6.06. The van der Waals surface area contributed by atoms with Crippen LogP contribution in [0.2, 0.25) is 0 Å². The molecule has 0 aliphatic carbocycles. The number of halogens is 1. The third kappa shape index (κ3) is 3.80. The first-order chi connectivity index (χ1) is 12.9. The van der Waals surface area contributed by atoms with Crippen molar-refractivity contribution in [1.29, 1.82) is 0 Å². The molecule has 1 aromatic heterocycles. The number of rotatable bonds is 4. The van der Waals surface area contributed by atoms with Gasteiger partial charge in [0.1, 0.15) is 5.82 Å². The van der Waals surface area contributed by atoms with Crippen LogP contribution in [0.5, 0.6) is 0 Å². The number of hydrogen-bond acceptors (Lipinski definition) is 4. The van der Waals surface area contributed by atoms with Crippen molar-refractivity contribution in [2.75, 3.05) is 7.05 Å². The van der Waals surface area contributed by atoms with Crippen LogP contribution >= 0.6 is 12.4 Å². The zero-order valence-corrected chi connectivity index (χ0v) is 17.9. The summed E-state index contributed by atoms with van der Waals surface area (Å²) in [5, 5.41) is 8.22. The van der Waals surface area contributed by atoms with Crippen LogP contribution in [0, 0.1) is 6.92 Å². The zero-order chi connectivity index (χ0) is 19.1. The molecule has 1 amide bonds. The molecule has 7 heteroatoms. The molecule has 1 N–H and O–H groups in total. The number of nitrogens with one attached hydrogen (secondary N) is 1. The molecule has 1 aromatic carbocycles. The number of aryl methyl sites for hydroxylation is 1. The van der Waals surface area contributed by atoms with Crippen molar-refractivity contribution in [3.8, 4) is 5.69 Å². The molecule has 2 atom stereocenters. The molecule has 3 heterocycles. The maximum atomic E-state index is 13.1. The number of aromatic nitrogens is 3. The fourth-order valence-corrected chi connectivity index (χ4v) is 4.54. The van der Waals surface area contributed by atoms with E-state index in [0.29, 0.717) is 23.8 Å². The minimum absolute atomic E-state index is 0. The van der Waals surface area contributed by atoms with Crippen LogP contribution in [0.1, 0.15) is 67.5 Å². The van der Waals surface area contributed by atoms with Gasteiger partial charge in [-0.25, -0.2) is 9.67 Å². The van der Waals surface area contributed by atoms with Crippen molar-refractivity contribution < 1.29 is 4.79 Å². The highest BCUT2D eigenvalue weighted by atomic mass is 35.5. The lowest BCUT2D eigenvalue weighted by molar-refractivity contribution is 0.0669. The number of amides is 1. The number of para-hydroxylation sites is 1. The van der Waals surface area contributed by atoms with E-state index in [1.807, 2.05) is 41.8 Å². The van der Waals surface area contributed by atoms with E-state index in [2.05, 4.69) is 35.3 Å². The Morgan fingerprint density at radius 1 is 1.21 bits per heavy atom. The molecule has 2 unspecified atom stereocenters. The van der Waals surface area contributed by atoms with Gasteiger partial charge in [0.25, 0.3) is 5.91 Å². The monoisotopic (exact) mass is 403 g/mol. The lowest BCUT2D eigenvalue weighted by atomic mass is 9.98. The molecule has 2 bridgehead atoms. The Balaban J connectivity index is 0.00000225. The van der Waals surface area contributed by atoms with E-state index in [1.165, 1.54) is 18.4 Å². The van der Waals surface area contributed by atoms with Crippen LogP contribution in [-0.2, 0) is 0 Å². The standard InChI is InChI=1S/C21H29N5O.ClH/c1-13(2)18-7-5-6-8-19(18)26-14(3)22-20(24-26)21(27)25(4)17-11-15-9-10-16(12-17)23-15;/h5-8,13,15-17,23H,9-12H2,1-4H3;1H. The fourth-order valence-electron chi connectivity index (χ4n) is 4.54. The van der Waals surface area contributed by atoms with Gasteiger partial charge in [0.2, 0.25) is 5.82 Å². The summed E-state index contributed by atoms with van der Waals surface area (Å²) in [7, 11) is 1.90. The second-order valence-corrected chi connectivity index (χ2v) is 8.29. The van der Waals surface area contributed by atoms with E-state index in [4.69, 9.17) is 0 Å². The number of fused-ring (bicyclic) bond motifs is 2. The molecule has 2 aliphatic heterocycles. The SMILES string of the molecule is Cc1nc(C(=O)N(C)C2CC3CCC(C2)N3)nn1-c1ccccc1C(C)C.Cl. The van der Waals surface area contributed by atoms with Crippen molar-refractivity contribution >= 4 is 18.3 Å². The molecule has 0 radical (unpaired) electrons. The molecular weight excluding hydrogens is 374 g/mol. The summed E-state index contributed by atoms with van der Waals surface area (Å²) in [6, 6.07) is 9.56. The Labute approximate surface area is 173 Å². The summed E-state index contributed by atoms with van der Waals surface area (Å²) in [5.41, 5.74) is 2.20. The van der Waals surface area contributed by atoms with Gasteiger partial charge < -0.3 is 10.2 Å². The molecule has 2 saturated heterocycles. The summed E-state index contributed by atoms with van der Waals surface area (Å²) in [4.78, 5) is 19.4. The van der Waals surface area contributed by atoms with Crippen LogP contribution in [0.25, 0.3) is 5.69 Å². The Hall–Kier alpha value is -1.92. The molecule has 2 aromatic rings. The average molecular weight is 404 g/mol. The first kappa shape index (κ1) is 20.8. The van der Waals surface area contributed by atoms with Gasteiger partial charge in [-0.15, -0.1) is 17.5 Å². The molecule has 2 aliphatic rings. The van der Waals surface area contributed by atoms with Crippen molar-refractivity contribution in [2.24, 2.45) is 0 Å². The Morgan fingerprint density at radius 3 is 2.50 bits per heavy atom. The number of carbonyl (C=O) groups is 1. The van der Waals surface area contributed by atoms with Gasteiger partial charge >= 0.3 is 0 Å². The molecule has 4 rings (SSSR count). The quantitative estimate of drug-likeness (QED) is 0.848. The maximum Gasteiger partial charge on any atom is 0.293 e. The number of piperidine rings is 1. The third-order valence-corrected chi connectivity index (χ3v) is 6.06. The van der Waals surface area contributed by atoms with Gasteiger partial charge in [0.05, 0.1) is 5.69 Å². The maximum absolute atomic E-state index is 13.1. The second-order valence-electron chi connectivity index (χ2n) is 8.29. The van der Waals surface area contributed by atoms with Gasteiger partial charge in [0.15, 0.2) is 0 Å². The minimum atomic E-state index is -0.0785. The summed E-state index contributed by atoms with van der Waals surface area (Å²) in [6.45, 7) is 6.23. The summed E-state index contributed by atoms with van der Waals surface area (Å²) < 4.78 is 1.81. The normalized spacial score (nSPS) is 23.5. The van der Waals surface area contributed by atoms with Gasteiger partial charge in [-0.2, -0.15) is 0 Å². The van der Waals surface area contributed by atoms with E-state index in [-0.39, 0.29) is 24.4 Å². The first-order valence-electron chi connectivity index (χ1n) is 10.00. The Bertz CT molecular complexity index is 837. The van der Waals surface area contributed by atoms with Crippen molar-refractivity contribution in [3.63, 3.8) is 0 Å². The molecule has 152 valence electrons. The highest BCUT2D eigenvalue weighted by Crippen LogP contribution is 2.30. The average Bonchev–Trinajstić information content (AvgIpc) is 3.22. The van der Waals surface area contributed by atoms with E-state index in [9.17, 15) is 4.79 Å². The molecule has 0 spiro atoms. The van der Waals surface area contributed by atoms with Gasteiger partial charge in [-0.05, 0) is 50.2 Å². The summed E-state index contributed by atoms with van der Waals surface area (Å²) in [5.74, 6) is 1.33. The Kier molecular flexibility index (Phi) is 6.10. The number of nitrogens with zero attached hydrogens (tertiary/aromatic N) is 4. The summed E-state index contributed by atoms with van der Waals surface area (Å²) >= 11 is 0. The van der Waals surface area contributed by atoms with Gasteiger partial charge in [0, 0.05) is 25.2 Å². The van der Waals surface area contributed by atoms with Crippen LogP contribution in [0.4, 0.5) is 0 Å². The highest BCUT2D eigenvalue weighted by molar-refractivity contribution is 5.90. The molecule has 28 heavy (non-hydrogen) atoms. The lowest BCUT2D eigenvalue weighted by Gasteiger charge is -2.35. The molecular formula is C21H30ClN5O. The van der Waals surface area contributed by atoms with Crippen LogP contribution in [0.3, 0.4) is 0 Å². The topological polar surface area (TPSA) is 63.1 Å². The zero-order valence-electron chi connectivity index (χ0n) is 17.1. The van der Waals surface area contributed by atoms with E-state index >= 15 is 0 Å².